The van der Waals surface area contributed by atoms with E-state index in [1.54, 1.807) is 0 Å². The summed E-state index contributed by atoms with van der Waals surface area (Å²) < 4.78 is 0. The first-order valence-corrected chi connectivity index (χ1v) is 6.00. The van der Waals surface area contributed by atoms with Crippen molar-refractivity contribution < 1.29 is 0 Å². The molecule has 1 aromatic heterocycles. The van der Waals surface area contributed by atoms with Gasteiger partial charge < -0.3 is 0 Å². The summed E-state index contributed by atoms with van der Waals surface area (Å²) in [5, 5.41) is 0. The maximum atomic E-state index is 4.45. The summed E-state index contributed by atoms with van der Waals surface area (Å²) >= 11 is 0. The Bertz CT molecular complexity index is 330. The quantitative estimate of drug-likeness (QED) is 0.683. The molecular weight excluding hydrogens is 194 g/mol. The van der Waals surface area contributed by atoms with E-state index in [1.165, 1.54) is 0 Å². The molecule has 0 N–H and O–H groups in total. The van der Waals surface area contributed by atoms with Crippen LogP contribution in [0.2, 0.25) is 0 Å². The Kier molecular flexibility index (Phi) is 4.28. The number of rotatable bonds is 3. The molecule has 1 rings (SSSR count). The van der Waals surface area contributed by atoms with Crippen molar-refractivity contribution in [1.29, 1.82) is 0 Å². The molecule has 0 spiro atoms. The number of hydrogen-bond acceptors (Lipinski definition) is 1. The van der Waals surface area contributed by atoms with Gasteiger partial charge >= 0.3 is 0 Å². The van der Waals surface area contributed by atoms with E-state index in [0.717, 1.165) is 5.69 Å². The summed E-state index contributed by atoms with van der Waals surface area (Å²) in [6.07, 6.45) is 6.45. The van der Waals surface area contributed by atoms with Gasteiger partial charge in [0.1, 0.15) is 0 Å². The molecule has 0 saturated heterocycles. The molecule has 0 aliphatic carbocycles. The van der Waals surface area contributed by atoms with E-state index < -0.39 is 0 Å². The highest BCUT2D eigenvalue weighted by Gasteiger charge is 2.15. The van der Waals surface area contributed by atoms with Crippen molar-refractivity contribution in [2.45, 2.75) is 40.5 Å². The summed E-state index contributed by atoms with van der Waals surface area (Å²) in [5.74, 6) is 0.994. The standard InChI is InChI=1S/C15H23N/c1-12(2)13(9-10-15(3,4)5)14-8-6-7-11-16-14/h6-13H,1-5H3/b10-9+. The lowest BCUT2D eigenvalue weighted by Gasteiger charge is -2.19. The predicted molar refractivity (Wildman–Crippen MR) is 70.4 cm³/mol. The second kappa shape index (κ2) is 5.29. The van der Waals surface area contributed by atoms with E-state index in [-0.39, 0.29) is 5.41 Å². The third-order valence-electron chi connectivity index (χ3n) is 2.55. The number of allylic oxidation sites excluding steroid dienone is 2. The number of aromatic nitrogens is 1. The maximum absolute atomic E-state index is 4.45. The van der Waals surface area contributed by atoms with Crippen LogP contribution in [0.3, 0.4) is 0 Å². The van der Waals surface area contributed by atoms with Crippen LogP contribution in [-0.4, -0.2) is 4.98 Å². The van der Waals surface area contributed by atoms with Crippen LogP contribution in [0.15, 0.2) is 36.5 Å². The summed E-state index contributed by atoms with van der Waals surface area (Å²) in [5.41, 5.74) is 1.40. The first-order chi connectivity index (χ1) is 7.40. The van der Waals surface area contributed by atoms with Crippen LogP contribution in [-0.2, 0) is 0 Å². The highest BCUT2D eigenvalue weighted by Crippen LogP contribution is 2.26. The van der Waals surface area contributed by atoms with Gasteiger partial charge in [0.05, 0.1) is 0 Å². The monoisotopic (exact) mass is 217 g/mol. The van der Waals surface area contributed by atoms with Gasteiger partial charge in [-0.25, -0.2) is 0 Å². The van der Waals surface area contributed by atoms with E-state index >= 15 is 0 Å². The lowest BCUT2D eigenvalue weighted by atomic mass is 9.87. The van der Waals surface area contributed by atoms with Crippen molar-refractivity contribution in [3.8, 4) is 0 Å². The Labute approximate surface area is 99.6 Å². The molecule has 0 bridgehead atoms. The molecule has 1 nitrogen and oxygen atoms in total. The third kappa shape index (κ3) is 4.18. The first-order valence-electron chi connectivity index (χ1n) is 6.00. The van der Waals surface area contributed by atoms with Gasteiger partial charge in [0, 0.05) is 17.8 Å². The second-order valence-electron chi connectivity index (χ2n) is 5.75. The number of hydrogen-bond donors (Lipinski definition) is 0. The fourth-order valence-corrected chi connectivity index (χ4v) is 1.63. The molecule has 0 fully saturated rings. The third-order valence-corrected chi connectivity index (χ3v) is 2.55. The molecule has 0 saturated carbocycles. The van der Waals surface area contributed by atoms with Crippen molar-refractivity contribution in [1.82, 2.24) is 4.98 Å². The molecular formula is C15H23N. The summed E-state index contributed by atoms with van der Waals surface area (Å²) in [7, 11) is 0. The summed E-state index contributed by atoms with van der Waals surface area (Å²) in [6.45, 7) is 11.1. The van der Waals surface area contributed by atoms with Crippen LogP contribution in [0.4, 0.5) is 0 Å². The molecule has 1 unspecified atom stereocenters. The summed E-state index contributed by atoms with van der Waals surface area (Å²) in [4.78, 5) is 4.45. The van der Waals surface area contributed by atoms with E-state index in [9.17, 15) is 0 Å². The zero-order chi connectivity index (χ0) is 12.2. The topological polar surface area (TPSA) is 12.9 Å². The van der Waals surface area contributed by atoms with Crippen molar-refractivity contribution in [3.05, 3.63) is 42.2 Å². The highest BCUT2D eigenvalue weighted by atomic mass is 14.7. The van der Waals surface area contributed by atoms with Crippen molar-refractivity contribution in [3.63, 3.8) is 0 Å². The van der Waals surface area contributed by atoms with Crippen LogP contribution in [0.5, 0.6) is 0 Å². The van der Waals surface area contributed by atoms with Gasteiger partial charge in [0.15, 0.2) is 0 Å². The second-order valence-corrected chi connectivity index (χ2v) is 5.75. The lowest BCUT2D eigenvalue weighted by molar-refractivity contribution is 0.522. The van der Waals surface area contributed by atoms with Gasteiger partial charge in [-0.3, -0.25) is 4.98 Å². The van der Waals surface area contributed by atoms with Gasteiger partial charge in [-0.15, -0.1) is 0 Å². The molecule has 1 heteroatoms. The van der Waals surface area contributed by atoms with Crippen LogP contribution in [0, 0.1) is 11.3 Å². The minimum absolute atomic E-state index is 0.238. The van der Waals surface area contributed by atoms with Crippen molar-refractivity contribution >= 4 is 0 Å². The first kappa shape index (κ1) is 13.0. The van der Waals surface area contributed by atoms with Crippen molar-refractivity contribution in [2.24, 2.45) is 11.3 Å². The molecule has 1 aromatic rings. The Hall–Kier alpha value is -1.11. The molecule has 0 aromatic carbocycles. The van der Waals surface area contributed by atoms with E-state index in [2.05, 4.69) is 63.9 Å². The van der Waals surface area contributed by atoms with E-state index in [4.69, 9.17) is 0 Å². The zero-order valence-corrected chi connectivity index (χ0v) is 11.1. The Morgan fingerprint density at radius 2 is 1.88 bits per heavy atom. The Morgan fingerprint density at radius 3 is 2.31 bits per heavy atom. The van der Waals surface area contributed by atoms with Crippen LogP contribution >= 0.6 is 0 Å². The average molecular weight is 217 g/mol. The average Bonchev–Trinajstić information content (AvgIpc) is 2.17. The van der Waals surface area contributed by atoms with Crippen molar-refractivity contribution in [2.75, 3.05) is 0 Å². The molecule has 16 heavy (non-hydrogen) atoms. The summed E-state index contributed by atoms with van der Waals surface area (Å²) in [6, 6.07) is 6.13. The zero-order valence-electron chi connectivity index (χ0n) is 11.1. The minimum atomic E-state index is 0.238. The number of pyridine rings is 1. The smallest absolute Gasteiger partial charge is 0.0474 e. The SMILES string of the molecule is CC(C)C(/C=C/C(C)(C)C)c1ccccn1. The lowest BCUT2D eigenvalue weighted by Crippen LogP contribution is -2.08. The van der Waals surface area contributed by atoms with Crippen LogP contribution < -0.4 is 0 Å². The molecule has 0 amide bonds. The Morgan fingerprint density at radius 1 is 1.19 bits per heavy atom. The fraction of sp³-hybridized carbons (Fsp3) is 0.533. The van der Waals surface area contributed by atoms with Gasteiger partial charge in [-0.1, -0.05) is 52.8 Å². The van der Waals surface area contributed by atoms with E-state index in [1.807, 2.05) is 12.3 Å². The largest absolute Gasteiger partial charge is 0.261 e. The fourth-order valence-electron chi connectivity index (χ4n) is 1.63. The molecule has 0 aliphatic rings. The maximum Gasteiger partial charge on any atom is 0.0474 e. The van der Waals surface area contributed by atoms with Gasteiger partial charge in [-0.05, 0) is 23.5 Å². The molecule has 1 heterocycles. The predicted octanol–water partition coefficient (Wildman–Crippen LogP) is 4.42. The Balaban J connectivity index is 2.90. The van der Waals surface area contributed by atoms with Crippen LogP contribution in [0.25, 0.3) is 0 Å². The number of nitrogens with zero attached hydrogens (tertiary/aromatic N) is 1. The van der Waals surface area contributed by atoms with Gasteiger partial charge in [-0.2, -0.15) is 0 Å². The van der Waals surface area contributed by atoms with Gasteiger partial charge in [0.2, 0.25) is 0 Å². The highest BCUT2D eigenvalue weighted by molar-refractivity contribution is 5.17. The molecule has 88 valence electrons. The van der Waals surface area contributed by atoms with E-state index in [0.29, 0.717) is 11.8 Å². The molecule has 0 radical (unpaired) electrons. The minimum Gasteiger partial charge on any atom is -0.261 e. The normalized spacial score (nSPS) is 14.6. The van der Waals surface area contributed by atoms with Crippen LogP contribution in [0.1, 0.15) is 46.2 Å². The van der Waals surface area contributed by atoms with Gasteiger partial charge in [0.25, 0.3) is 0 Å². The molecule has 1 atom stereocenters. The molecule has 0 aliphatic heterocycles.